The highest BCUT2D eigenvalue weighted by atomic mass is 32.2. The number of aryl methyl sites for hydroxylation is 1. The minimum atomic E-state index is -3.36. The SMILES string of the molecule is COc1ccc(C)cc1CCNC(=O)C1CCCCN1S(C)(=O)=O. The van der Waals surface area contributed by atoms with E-state index in [1.165, 1.54) is 4.31 Å². The molecular formula is C17H26N2O4S. The predicted octanol–water partition coefficient (Wildman–Crippen LogP) is 1.48. The largest absolute Gasteiger partial charge is 0.496 e. The van der Waals surface area contributed by atoms with Gasteiger partial charge in [-0.2, -0.15) is 4.31 Å². The second-order valence-electron chi connectivity index (χ2n) is 6.24. The van der Waals surface area contributed by atoms with Gasteiger partial charge in [-0.25, -0.2) is 8.42 Å². The number of piperidine rings is 1. The molecule has 1 N–H and O–H groups in total. The van der Waals surface area contributed by atoms with Crippen molar-refractivity contribution in [2.75, 3.05) is 26.5 Å². The van der Waals surface area contributed by atoms with Crippen LogP contribution in [0.25, 0.3) is 0 Å². The van der Waals surface area contributed by atoms with Crippen LogP contribution in [0.2, 0.25) is 0 Å². The van der Waals surface area contributed by atoms with Gasteiger partial charge in [0.25, 0.3) is 0 Å². The lowest BCUT2D eigenvalue weighted by Crippen LogP contribution is -2.51. The average molecular weight is 354 g/mol. The Kier molecular flexibility index (Phi) is 6.23. The molecule has 0 aliphatic carbocycles. The fraction of sp³-hybridized carbons (Fsp3) is 0.588. The Labute approximate surface area is 144 Å². The first kappa shape index (κ1) is 18.7. The third kappa shape index (κ3) is 4.70. The summed E-state index contributed by atoms with van der Waals surface area (Å²) < 4.78 is 30.3. The van der Waals surface area contributed by atoms with E-state index in [-0.39, 0.29) is 5.91 Å². The van der Waals surface area contributed by atoms with Crippen molar-refractivity contribution in [2.45, 2.75) is 38.6 Å². The summed E-state index contributed by atoms with van der Waals surface area (Å²) in [7, 11) is -1.74. The van der Waals surface area contributed by atoms with Crippen LogP contribution in [-0.4, -0.2) is 51.1 Å². The molecule has 0 bridgehead atoms. The van der Waals surface area contributed by atoms with Crippen molar-refractivity contribution in [3.63, 3.8) is 0 Å². The van der Waals surface area contributed by atoms with Crippen LogP contribution in [0.5, 0.6) is 5.75 Å². The summed E-state index contributed by atoms with van der Waals surface area (Å²) in [5.74, 6) is 0.581. The number of sulfonamides is 1. The maximum atomic E-state index is 12.4. The molecule has 7 heteroatoms. The number of benzene rings is 1. The second kappa shape index (κ2) is 7.98. The number of carbonyl (C=O) groups is 1. The van der Waals surface area contributed by atoms with Gasteiger partial charge in [-0.15, -0.1) is 0 Å². The molecule has 24 heavy (non-hydrogen) atoms. The summed E-state index contributed by atoms with van der Waals surface area (Å²) >= 11 is 0. The van der Waals surface area contributed by atoms with E-state index >= 15 is 0 Å². The van der Waals surface area contributed by atoms with Gasteiger partial charge < -0.3 is 10.1 Å². The van der Waals surface area contributed by atoms with Gasteiger partial charge in [-0.3, -0.25) is 4.79 Å². The summed E-state index contributed by atoms with van der Waals surface area (Å²) in [5, 5.41) is 2.87. The minimum Gasteiger partial charge on any atom is -0.496 e. The summed E-state index contributed by atoms with van der Waals surface area (Å²) in [5.41, 5.74) is 2.16. The van der Waals surface area contributed by atoms with Gasteiger partial charge in [0.1, 0.15) is 11.8 Å². The quantitative estimate of drug-likeness (QED) is 0.839. The molecule has 1 saturated heterocycles. The van der Waals surface area contributed by atoms with E-state index in [0.29, 0.717) is 25.9 Å². The maximum absolute atomic E-state index is 12.4. The van der Waals surface area contributed by atoms with Crippen LogP contribution < -0.4 is 10.1 Å². The lowest BCUT2D eigenvalue weighted by atomic mass is 10.0. The third-order valence-corrected chi connectivity index (χ3v) is 5.60. The molecule has 1 fully saturated rings. The zero-order valence-electron chi connectivity index (χ0n) is 14.5. The number of nitrogens with zero attached hydrogens (tertiary/aromatic N) is 1. The van der Waals surface area contributed by atoms with E-state index in [1.54, 1.807) is 7.11 Å². The smallest absolute Gasteiger partial charge is 0.238 e. The van der Waals surface area contributed by atoms with E-state index in [4.69, 9.17) is 4.74 Å². The molecule has 1 unspecified atom stereocenters. The Balaban J connectivity index is 1.96. The first-order chi connectivity index (χ1) is 11.3. The standard InChI is InChI=1S/C17H26N2O4S/c1-13-7-8-16(23-2)14(12-13)9-10-18-17(20)15-6-4-5-11-19(15)24(3,21)22/h7-8,12,15H,4-6,9-11H2,1-3H3,(H,18,20). The van der Waals surface area contributed by atoms with Gasteiger partial charge in [0.2, 0.25) is 15.9 Å². The van der Waals surface area contributed by atoms with E-state index in [0.717, 1.165) is 36.0 Å². The van der Waals surface area contributed by atoms with Gasteiger partial charge in [0, 0.05) is 13.1 Å². The molecule has 1 amide bonds. The van der Waals surface area contributed by atoms with Crippen LogP contribution in [-0.2, 0) is 21.2 Å². The van der Waals surface area contributed by atoms with Gasteiger partial charge in [0.05, 0.1) is 13.4 Å². The molecule has 0 aromatic heterocycles. The summed E-state index contributed by atoms with van der Waals surface area (Å²) in [6.45, 7) is 2.88. The minimum absolute atomic E-state index is 0.216. The third-order valence-electron chi connectivity index (χ3n) is 4.31. The molecule has 1 aromatic rings. The van der Waals surface area contributed by atoms with Crippen molar-refractivity contribution in [3.05, 3.63) is 29.3 Å². The Morgan fingerprint density at radius 3 is 2.79 bits per heavy atom. The van der Waals surface area contributed by atoms with Crippen molar-refractivity contribution in [1.82, 2.24) is 9.62 Å². The monoisotopic (exact) mass is 354 g/mol. The topological polar surface area (TPSA) is 75.7 Å². The van der Waals surface area contributed by atoms with Crippen LogP contribution in [0.15, 0.2) is 18.2 Å². The highest BCUT2D eigenvalue weighted by molar-refractivity contribution is 7.88. The van der Waals surface area contributed by atoms with E-state index in [2.05, 4.69) is 5.32 Å². The summed E-state index contributed by atoms with van der Waals surface area (Å²) in [6.07, 6.45) is 4.05. The van der Waals surface area contributed by atoms with Crippen molar-refractivity contribution < 1.29 is 17.9 Å². The number of amides is 1. The Hall–Kier alpha value is -1.60. The maximum Gasteiger partial charge on any atom is 0.238 e. The van der Waals surface area contributed by atoms with Crippen molar-refractivity contribution in [3.8, 4) is 5.75 Å². The van der Waals surface area contributed by atoms with E-state index in [1.807, 2.05) is 25.1 Å². The first-order valence-corrected chi connectivity index (χ1v) is 10.1. The zero-order valence-corrected chi connectivity index (χ0v) is 15.4. The van der Waals surface area contributed by atoms with Crippen LogP contribution in [0.1, 0.15) is 30.4 Å². The lowest BCUT2D eigenvalue weighted by molar-refractivity contribution is -0.125. The molecule has 0 spiro atoms. The van der Waals surface area contributed by atoms with Crippen molar-refractivity contribution in [2.24, 2.45) is 0 Å². The zero-order chi connectivity index (χ0) is 17.7. The van der Waals surface area contributed by atoms with Gasteiger partial charge in [0.15, 0.2) is 0 Å². The Bertz CT molecular complexity index is 688. The van der Waals surface area contributed by atoms with Crippen molar-refractivity contribution >= 4 is 15.9 Å². The number of rotatable bonds is 6. The first-order valence-electron chi connectivity index (χ1n) is 8.21. The number of hydrogen-bond donors (Lipinski definition) is 1. The number of hydrogen-bond acceptors (Lipinski definition) is 4. The molecular weight excluding hydrogens is 328 g/mol. The van der Waals surface area contributed by atoms with Crippen LogP contribution in [0.4, 0.5) is 0 Å². The molecule has 1 heterocycles. The number of nitrogens with one attached hydrogen (secondary N) is 1. The molecule has 6 nitrogen and oxygen atoms in total. The molecule has 1 aliphatic rings. The van der Waals surface area contributed by atoms with Crippen LogP contribution >= 0.6 is 0 Å². The summed E-state index contributed by atoms with van der Waals surface area (Å²) in [6, 6.07) is 5.34. The van der Waals surface area contributed by atoms with E-state index in [9.17, 15) is 13.2 Å². The van der Waals surface area contributed by atoms with Gasteiger partial charge in [-0.05, 0) is 37.8 Å². The van der Waals surface area contributed by atoms with Crippen LogP contribution in [0.3, 0.4) is 0 Å². The van der Waals surface area contributed by atoms with Gasteiger partial charge >= 0.3 is 0 Å². The molecule has 1 aliphatic heterocycles. The average Bonchev–Trinajstić information content (AvgIpc) is 2.54. The summed E-state index contributed by atoms with van der Waals surface area (Å²) in [4.78, 5) is 12.4. The molecule has 1 aromatic carbocycles. The van der Waals surface area contributed by atoms with Gasteiger partial charge in [-0.1, -0.05) is 24.1 Å². The predicted molar refractivity (Wildman–Crippen MR) is 93.6 cm³/mol. The number of carbonyl (C=O) groups excluding carboxylic acids is 1. The molecule has 0 saturated carbocycles. The van der Waals surface area contributed by atoms with Crippen molar-refractivity contribution in [1.29, 1.82) is 0 Å². The fourth-order valence-electron chi connectivity index (χ4n) is 3.10. The molecule has 0 radical (unpaired) electrons. The lowest BCUT2D eigenvalue weighted by Gasteiger charge is -2.32. The van der Waals surface area contributed by atoms with E-state index < -0.39 is 16.1 Å². The molecule has 1 atom stereocenters. The Morgan fingerprint density at radius 1 is 1.38 bits per heavy atom. The van der Waals surface area contributed by atoms with Crippen LogP contribution in [0, 0.1) is 6.92 Å². The highest BCUT2D eigenvalue weighted by Gasteiger charge is 2.34. The normalized spacial score (nSPS) is 19.0. The number of methoxy groups -OCH3 is 1. The Morgan fingerprint density at radius 2 is 2.12 bits per heavy atom. The fourth-order valence-corrected chi connectivity index (χ4v) is 4.23. The second-order valence-corrected chi connectivity index (χ2v) is 8.18. The number of ether oxygens (including phenoxy) is 1. The highest BCUT2D eigenvalue weighted by Crippen LogP contribution is 2.21. The molecule has 134 valence electrons. The molecule has 2 rings (SSSR count).